The third kappa shape index (κ3) is 1.91. The molecular formula is C14H10ClF2N3O. The predicted molar refractivity (Wildman–Crippen MR) is 75.7 cm³/mol. The number of ketones is 1. The third-order valence-electron chi connectivity index (χ3n) is 3.39. The van der Waals surface area contributed by atoms with Crippen molar-refractivity contribution in [2.75, 3.05) is 5.73 Å². The predicted octanol–water partition coefficient (Wildman–Crippen LogP) is 3.32. The zero-order valence-electron chi connectivity index (χ0n) is 10.9. The van der Waals surface area contributed by atoms with Crippen molar-refractivity contribution in [1.82, 2.24) is 9.61 Å². The van der Waals surface area contributed by atoms with Gasteiger partial charge in [0, 0.05) is 12.4 Å². The van der Waals surface area contributed by atoms with Crippen LogP contribution in [-0.2, 0) is 0 Å². The van der Waals surface area contributed by atoms with Gasteiger partial charge in [-0.05, 0) is 24.6 Å². The first-order chi connectivity index (χ1) is 9.91. The van der Waals surface area contributed by atoms with Crippen molar-refractivity contribution in [2.45, 2.75) is 6.92 Å². The summed E-state index contributed by atoms with van der Waals surface area (Å²) in [5, 5.41) is 3.24. The minimum atomic E-state index is -1.06. The van der Waals surface area contributed by atoms with Crippen LogP contribution in [0.3, 0.4) is 0 Å². The first kappa shape index (κ1) is 13.6. The number of hydrogen-bond donors (Lipinski definition) is 2. The molecule has 2 aromatic heterocycles. The average molecular weight is 310 g/mol. The monoisotopic (exact) mass is 309 g/mol. The van der Waals surface area contributed by atoms with E-state index in [1.165, 1.54) is 10.7 Å². The van der Waals surface area contributed by atoms with E-state index in [0.29, 0.717) is 16.1 Å². The van der Waals surface area contributed by atoms with Gasteiger partial charge in [0.25, 0.3) is 0 Å². The third-order valence-corrected chi connectivity index (χ3v) is 3.77. The topological polar surface area (TPSA) is 63.3 Å². The molecule has 108 valence electrons. The SMILES string of the molecule is Cc1c(Cl)cn2[nH]cc(C(=O)c3c(F)ccc(N)c3F)c12. The van der Waals surface area contributed by atoms with E-state index in [2.05, 4.69) is 5.10 Å². The number of carbonyl (C=O) groups is 1. The molecule has 3 N–H and O–H groups in total. The molecule has 0 bridgehead atoms. The van der Waals surface area contributed by atoms with Crippen LogP contribution in [0.5, 0.6) is 0 Å². The Morgan fingerprint density at radius 3 is 2.81 bits per heavy atom. The highest BCUT2D eigenvalue weighted by Gasteiger charge is 2.25. The maximum absolute atomic E-state index is 14.0. The van der Waals surface area contributed by atoms with E-state index in [1.54, 1.807) is 13.1 Å². The summed E-state index contributed by atoms with van der Waals surface area (Å²) in [5.74, 6) is -2.81. The Bertz CT molecular complexity index is 882. The molecule has 0 aliphatic carbocycles. The van der Waals surface area contributed by atoms with E-state index in [-0.39, 0.29) is 11.3 Å². The van der Waals surface area contributed by atoms with Crippen LogP contribution >= 0.6 is 11.6 Å². The number of nitrogen functional groups attached to an aromatic ring is 1. The van der Waals surface area contributed by atoms with Gasteiger partial charge in [-0.3, -0.25) is 9.31 Å². The molecule has 0 fully saturated rings. The first-order valence-corrected chi connectivity index (χ1v) is 6.42. The van der Waals surface area contributed by atoms with Crippen molar-refractivity contribution in [3.05, 3.63) is 57.9 Å². The maximum Gasteiger partial charge on any atom is 0.202 e. The molecule has 0 amide bonds. The number of hydrogen-bond acceptors (Lipinski definition) is 2. The number of fused-ring (bicyclic) bond motifs is 1. The summed E-state index contributed by atoms with van der Waals surface area (Å²) < 4.78 is 29.3. The van der Waals surface area contributed by atoms with E-state index < -0.39 is 23.0 Å². The van der Waals surface area contributed by atoms with Gasteiger partial charge in [0.15, 0.2) is 5.82 Å². The zero-order chi connectivity index (χ0) is 15.3. The summed E-state index contributed by atoms with van der Waals surface area (Å²) in [5.41, 5.74) is 5.70. The molecule has 3 rings (SSSR count). The molecule has 0 aliphatic rings. The normalized spacial score (nSPS) is 11.2. The molecule has 21 heavy (non-hydrogen) atoms. The number of halogens is 3. The number of nitrogens with two attached hydrogens (primary N) is 1. The summed E-state index contributed by atoms with van der Waals surface area (Å²) in [6.45, 7) is 1.72. The fraction of sp³-hybridized carbons (Fsp3) is 0.0714. The van der Waals surface area contributed by atoms with E-state index >= 15 is 0 Å². The molecule has 7 heteroatoms. The van der Waals surface area contributed by atoms with Crippen LogP contribution in [0.25, 0.3) is 5.52 Å². The highest BCUT2D eigenvalue weighted by Crippen LogP contribution is 2.28. The number of H-pyrrole nitrogens is 1. The molecule has 0 radical (unpaired) electrons. The van der Waals surface area contributed by atoms with Gasteiger partial charge in [-0.2, -0.15) is 0 Å². The summed E-state index contributed by atoms with van der Waals surface area (Å²) in [6, 6.07) is 2.04. The summed E-state index contributed by atoms with van der Waals surface area (Å²) in [4.78, 5) is 12.5. The lowest BCUT2D eigenvalue weighted by molar-refractivity contribution is 0.103. The number of nitrogens with one attached hydrogen (secondary N) is 1. The quantitative estimate of drug-likeness (QED) is 0.563. The number of aromatic nitrogens is 2. The average Bonchev–Trinajstić information content (AvgIpc) is 2.96. The molecule has 0 aliphatic heterocycles. The second-order valence-electron chi connectivity index (χ2n) is 4.66. The lowest BCUT2D eigenvalue weighted by Crippen LogP contribution is -2.09. The van der Waals surface area contributed by atoms with Gasteiger partial charge in [-0.15, -0.1) is 0 Å². The molecule has 0 saturated heterocycles. The van der Waals surface area contributed by atoms with Crippen molar-refractivity contribution >= 4 is 28.6 Å². The van der Waals surface area contributed by atoms with Crippen LogP contribution < -0.4 is 5.73 Å². The number of benzene rings is 1. The number of aromatic amines is 1. The molecule has 0 spiro atoms. The van der Waals surface area contributed by atoms with Gasteiger partial charge >= 0.3 is 0 Å². The number of aryl methyl sites for hydroxylation is 1. The number of nitrogens with zero attached hydrogens (tertiary/aromatic N) is 1. The van der Waals surface area contributed by atoms with Crippen molar-refractivity contribution in [3.63, 3.8) is 0 Å². The van der Waals surface area contributed by atoms with E-state index in [1.807, 2.05) is 0 Å². The molecule has 3 aromatic rings. The summed E-state index contributed by atoms with van der Waals surface area (Å²) in [6.07, 6.45) is 2.96. The van der Waals surface area contributed by atoms with E-state index in [0.717, 1.165) is 12.1 Å². The van der Waals surface area contributed by atoms with Gasteiger partial charge in [0.2, 0.25) is 5.78 Å². The highest BCUT2D eigenvalue weighted by molar-refractivity contribution is 6.32. The standard InChI is InChI=1S/C14H10ClF2N3O/c1-6-8(15)5-20-13(6)7(4-19-20)14(21)11-9(16)2-3-10(18)12(11)17/h2-5,19H,18H2,1H3. The molecular weight excluding hydrogens is 300 g/mol. The molecule has 1 aromatic carbocycles. The Balaban J connectivity index is 2.24. The van der Waals surface area contributed by atoms with E-state index in [9.17, 15) is 13.6 Å². The van der Waals surface area contributed by atoms with Crippen LogP contribution in [-0.4, -0.2) is 15.4 Å². The maximum atomic E-state index is 14.0. The first-order valence-electron chi connectivity index (χ1n) is 6.04. The van der Waals surface area contributed by atoms with Gasteiger partial charge in [-0.1, -0.05) is 11.6 Å². The summed E-state index contributed by atoms with van der Waals surface area (Å²) in [7, 11) is 0. The van der Waals surface area contributed by atoms with Crippen LogP contribution in [0, 0.1) is 18.6 Å². The second-order valence-corrected chi connectivity index (χ2v) is 5.07. The van der Waals surface area contributed by atoms with Gasteiger partial charge in [-0.25, -0.2) is 8.78 Å². The fourth-order valence-corrected chi connectivity index (χ4v) is 2.48. The Hall–Kier alpha value is -2.34. The lowest BCUT2D eigenvalue weighted by atomic mass is 10.0. The van der Waals surface area contributed by atoms with Crippen LogP contribution in [0.2, 0.25) is 5.02 Å². The Labute approximate surface area is 123 Å². The van der Waals surface area contributed by atoms with Crippen molar-refractivity contribution in [3.8, 4) is 0 Å². The zero-order valence-corrected chi connectivity index (χ0v) is 11.6. The molecule has 2 heterocycles. The molecule has 0 atom stereocenters. The number of rotatable bonds is 2. The van der Waals surface area contributed by atoms with Gasteiger partial charge in [0.1, 0.15) is 5.82 Å². The summed E-state index contributed by atoms with van der Waals surface area (Å²) >= 11 is 5.98. The molecule has 4 nitrogen and oxygen atoms in total. The highest BCUT2D eigenvalue weighted by atomic mass is 35.5. The Morgan fingerprint density at radius 1 is 1.38 bits per heavy atom. The Morgan fingerprint density at radius 2 is 2.10 bits per heavy atom. The van der Waals surface area contributed by atoms with Crippen LogP contribution in [0.15, 0.2) is 24.5 Å². The van der Waals surface area contributed by atoms with Gasteiger partial charge in [0.05, 0.1) is 27.4 Å². The lowest BCUT2D eigenvalue weighted by Gasteiger charge is -2.05. The van der Waals surface area contributed by atoms with Crippen molar-refractivity contribution in [2.24, 2.45) is 0 Å². The number of anilines is 1. The van der Waals surface area contributed by atoms with Crippen LogP contribution in [0.1, 0.15) is 21.5 Å². The Kier molecular flexibility index (Phi) is 2.98. The van der Waals surface area contributed by atoms with Gasteiger partial charge < -0.3 is 10.8 Å². The minimum absolute atomic E-state index is 0.128. The second kappa shape index (κ2) is 4.60. The smallest absolute Gasteiger partial charge is 0.202 e. The van der Waals surface area contributed by atoms with Crippen LogP contribution in [0.4, 0.5) is 14.5 Å². The van der Waals surface area contributed by atoms with Crippen molar-refractivity contribution in [1.29, 1.82) is 0 Å². The van der Waals surface area contributed by atoms with Crippen molar-refractivity contribution < 1.29 is 13.6 Å². The largest absolute Gasteiger partial charge is 0.396 e. The molecule has 0 saturated carbocycles. The minimum Gasteiger partial charge on any atom is -0.396 e. The fourth-order valence-electron chi connectivity index (χ4n) is 2.29. The van der Waals surface area contributed by atoms with E-state index in [4.69, 9.17) is 17.3 Å². The molecule has 0 unspecified atom stereocenters. The number of carbonyl (C=O) groups excluding carboxylic acids is 1.